The van der Waals surface area contributed by atoms with Gasteiger partial charge in [0, 0.05) is 12.3 Å². The maximum atomic E-state index is 13.5. The molecule has 0 spiro atoms. The molecule has 0 saturated heterocycles. The topological polar surface area (TPSA) is 63.6 Å². The van der Waals surface area contributed by atoms with Crippen LogP contribution in [0.15, 0.2) is 0 Å². The quantitative estimate of drug-likeness (QED) is 0.373. The van der Waals surface area contributed by atoms with Crippen molar-refractivity contribution in [3.05, 3.63) is 0 Å². The smallest absolute Gasteiger partial charge is 0.481 e. The number of esters is 1. The molecule has 0 aromatic rings. The maximum Gasteiger partial charge on any atom is 0.490 e. The molecule has 1 N–H and O–H groups in total. The van der Waals surface area contributed by atoms with Crippen molar-refractivity contribution >= 4 is 11.9 Å². The Morgan fingerprint density at radius 2 is 1.67 bits per heavy atom. The van der Waals surface area contributed by atoms with Crippen LogP contribution in [-0.2, 0) is 14.3 Å². The molecular formula is C29H45F3O4. The van der Waals surface area contributed by atoms with Crippen molar-refractivity contribution in [2.75, 3.05) is 0 Å². The molecule has 0 radical (unpaired) electrons. The number of halogens is 3. The summed E-state index contributed by atoms with van der Waals surface area (Å²) in [6.45, 7) is 11.1. The molecule has 4 aliphatic rings. The van der Waals surface area contributed by atoms with E-state index in [9.17, 15) is 27.9 Å². The first-order chi connectivity index (χ1) is 16.7. The molecule has 0 aliphatic heterocycles. The fraction of sp³-hybridized carbons (Fsp3) is 0.931. The van der Waals surface area contributed by atoms with Crippen molar-refractivity contribution in [1.82, 2.24) is 0 Å². The summed E-state index contributed by atoms with van der Waals surface area (Å²) in [5.74, 6) is -1.08. The number of carbonyl (C=O) groups is 2. The number of rotatable bonds is 6. The number of carboxylic acids is 1. The van der Waals surface area contributed by atoms with E-state index >= 15 is 0 Å². The van der Waals surface area contributed by atoms with Gasteiger partial charge >= 0.3 is 18.1 Å². The second-order valence-corrected chi connectivity index (χ2v) is 13.4. The van der Waals surface area contributed by atoms with Crippen LogP contribution in [0.3, 0.4) is 0 Å². The average Bonchev–Trinajstić information content (AvgIpc) is 3.15. The molecule has 4 fully saturated rings. The van der Waals surface area contributed by atoms with E-state index in [0.29, 0.717) is 24.7 Å². The summed E-state index contributed by atoms with van der Waals surface area (Å²) in [6.07, 6.45) is 2.91. The Morgan fingerprint density at radius 1 is 1.03 bits per heavy atom. The Bertz CT molecular complexity index is 843. The van der Waals surface area contributed by atoms with E-state index in [-0.39, 0.29) is 52.8 Å². The van der Waals surface area contributed by atoms with Gasteiger partial charge in [-0.05, 0) is 104 Å². The van der Waals surface area contributed by atoms with Gasteiger partial charge in [0.25, 0.3) is 0 Å². The Labute approximate surface area is 214 Å². The summed E-state index contributed by atoms with van der Waals surface area (Å²) < 4.78 is 45.9. The van der Waals surface area contributed by atoms with Crippen LogP contribution in [0.1, 0.15) is 98.8 Å². The summed E-state index contributed by atoms with van der Waals surface area (Å²) >= 11 is 0. The van der Waals surface area contributed by atoms with Gasteiger partial charge in [0.15, 0.2) is 0 Å². The third-order valence-corrected chi connectivity index (χ3v) is 11.7. The van der Waals surface area contributed by atoms with Crippen molar-refractivity contribution in [3.8, 4) is 0 Å². The molecule has 0 aromatic carbocycles. The van der Waals surface area contributed by atoms with Crippen LogP contribution in [-0.4, -0.2) is 29.3 Å². The fourth-order valence-electron chi connectivity index (χ4n) is 10.0. The Hall–Kier alpha value is -1.27. The number of carboxylic acid groups (broad SMARTS) is 1. The van der Waals surface area contributed by atoms with Crippen LogP contribution in [0.25, 0.3) is 0 Å². The average molecular weight is 515 g/mol. The highest BCUT2D eigenvalue weighted by molar-refractivity contribution is 5.75. The standard InChI is InChI=1S/C29H45F3O4/c1-6-18-22-15-16(2)11-13-28(22,5)21-12-14-27(4)19(17(3)7-10-23(33)34)8-9-20(27)24(21)25(18)36-26(35)29(30,31)32/h16-22,24-25H,6-15H2,1-5H3,(H,33,34)/t16-,17-,18-,19-,20?,21?,22+,24?,25?,27-,28-/m1/s1. The van der Waals surface area contributed by atoms with Crippen LogP contribution >= 0.6 is 0 Å². The first-order valence-corrected chi connectivity index (χ1v) is 14.2. The minimum Gasteiger partial charge on any atom is -0.481 e. The van der Waals surface area contributed by atoms with E-state index in [1.54, 1.807) is 0 Å². The normalized spacial score (nSPS) is 45.2. The highest BCUT2D eigenvalue weighted by Crippen LogP contribution is 2.70. The van der Waals surface area contributed by atoms with Crippen molar-refractivity contribution in [3.63, 3.8) is 0 Å². The van der Waals surface area contributed by atoms with Gasteiger partial charge in [0.1, 0.15) is 6.10 Å². The SMILES string of the molecule is CC[C@H]1C(OC(=O)C(F)(F)F)C2C3CC[C@H]([C@H](C)CCC(=O)O)[C@@]3(C)CCC2[C@@]2(C)CC[C@@H](C)C[C@@H]12. The van der Waals surface area contributed by atoms with E-state index in [2.05, 4.69) is 27.7 Å². The summed E-state index contributed by atoms with van der Waals surface area (Å²) in [7, 11) is 0. The number of hydrogen-bond acceptors (Lipinski definition) is 3. The molecule has 0 amide bonds. The van der Waals surface area contributed by atoms with E-state index in [1.807, 2.05) is 6.92 Å². The van der Waals surface area contributed by atoms with Crippen LogP contribution in [0.2, 0.25) is 0 Å². The van der Waals surface area contributed by atoms with Crippen LogP contribution in [0.4, 0.5) is 13.2 Å². The molecule has 206 valence electrons. The molecule has 7 heteroatoms. The third kappa shape index (κ3) is 4.59. The van der Waals surface area contributed by atoms with Crippen molar-refractivity contribution in [2.24, 2.45) is 58.2 Å². The molecular weight excluding hydrogens is 469 g/mol. The molecule has 11 atom stereocenters. The van der Waals surface area contributed by atoms with Gasteiger partial charge in [0.2, 0.25) is 0 Å². The molecule has 0 bridgehead atoms. The van der Waals surface area contributed by atoms with Gasteiger partial charge in [-0.1, -0.05) is 41.0 Å². The zero-order chi connectivity index (χ0) is 26.6. The lowest BCUT2D eigenvalue weighted by Crippen LogP contribution is -2.63. The molecule has 0 aromatic heterocycles. The monoisotopic (exact) mass is 514 g/mol. The Balaban J connectivity index is 1.72. The summed E-state index contributed by atoms with van der Waals surface area (Å²) in [4.78, 5) is 23.5. The third-order valence-electron chi connectivity index (χ3n) is 11.7. The lowest BCUT2D eigenvalue weighted by atomic mass is 9.41. The number of alkyl halides is 3. The molecule has 0 heterocycles. The fourth-order valence-corrected chi connectivity index (χ4v) is 10.0. The molecule has 4 rings (SSSR count). The van der Waals surface area contributed by atoms with Crippen molar-refractivity contribution < 1.29 is 32.6 Å². The number of fused-ring (bicyclic) bond motifs is 5. The van der Waals surface area contributed by atoms with Gasteiger partial charge in [-0.2, -0.15) is 13.2 Å². The van der Waals surface area contributed by atoms with Crippen LogP contribution < -0.4 is 0 Å². The predicted molar refractivity (Wildman–Crippen MR) is 131 cm³/mol. The second-order valence-electron chi connectivity index (χ2n) is 13.4. The maximum absolute atomic E-state index is 13.5. The minimum atomic E-state index is -4.99. The largest absolute Gasteiger partial charge is 0.490 e. The zero-order valence-corrected chi connectivity index (χ0v) is 22.6. The lowest BCUT2D eigenvalue weighted by molar-refractivity contribution is -0.240. The Morgan fingerprint density at radius 3 is 2.28 bits per heavy atom. The van der Waals surface area contributed by atoms with Crippen molar-refractivity contribution in [2.45, 2.75) is 111 Å². The van der Waals surface area contributed by atoms with E-state index in [0.717, 1.165) is 44.9 Å². The second kappa shape index (κ2) is 9.80. The first kappa shape index (κ1) is 27.8. The molecule has 4 saturated carbocycles. The number of aliphatic carboxylic acids is 1. The number of hydrogen-bond donors (Lipinski definition) is 1. The van der Waals surface area contributed by atoms with Gasteiger partial charge in [0.05, 0.1) is 0 Å². The summed E-state index contributed by atoms with van der Waals surface area (Å²) in [5, 5.41) is 9.21. The van der Waals surface area contributed by atoms with Gasteiger partial charge in [-0.15, -0.1) is 0 Å². The first-order valence-electron chi connectivity index (χ1n) is 14.2. The highest BCUT2D eigenvalue weighted by Gasteiger charge is 2.66. The molecule has 4 nitrogen and oxygen atoms in total. The molecule has 4 unspecified atom stereocenters. The predicted octanol–water partition coefficient (Wildman–Crippen LogP) is 7.50. The minimum absolute atomic E-state index is 0.0591. The molecule has 4 aliphatic carbocycles. The van der Waals surface area contributed by atoms with Gasteiger partial charge in [-0.25, -0.2) is 4.79 Å². The summed E-state index contributed by atoms with van der Waals surface area (Å²) in [6, 6.07) is 0. The van der Waals surface area contributed by atoms with E-state index in [4.69, 9.17) is 4.74 Å². The lowest BCUT2D eigenvalue weighted by Gasteiger charge is -2.65. The number of ether oxygens (including phenoxy) is 1. The number of carbonyl (C=O) groups excluding carboxylic acids is 1. The van der Waals surface area contributed by atoms with E-state index < -0.39 is 24.2 Å². The van der Waals surface area contributed by atoms with Gasteiger partial charge in [-0.3, -0.25) is 4.79 Å². The van der Waals surface area contributed by atoms with E-state index in [1.165, 1.54) is 0 Å². The Kier molecular flexibility index (Phi) is 7.55. The van der Waals surface area contributed by atoms with Crippen LogP contribution in [0.5, 0.6) is 0 Å². The van der Waals surface area contributed by atoms with Gasteiger partial charge < -0.3 is 9.84 Å². The zero-order valence-electron chi connectivity index (χ0n) is 22.6. The van der Waals surface area contributed by atoms with Crippen LogP contribution in [0, 0.1) is 58.2 Å². The highest BCUT2D eigenvalue weighted by atomic mass is 19.4. The summed E-state index contributed by atoms with van der Waals surface area (Å²) in [5.41, 5.74) is -0.00123. The molecule has 36 heavy (non-hydrogen) atoms. The van der Waals surface area contributed by atoms with Crippen molar-refractivity contribution in [1.29, 1.82) is 0 Å².